The molecule has 0 bridgehead atoms. The summed E-state index contributed by atoms with van der Waals surface area (Å²) < 4.78 is 11.9. The van der Waals surface area contributed by atoms with Crippen LogP contribution in [0, 0.1) is 0 Å². The summed E-state index contributed by atoms with van der Waals surface area (Å²) in [7, 11) is 1.53. The van der Waals surface area contributed by atoms with Crippen LogP contribution in [-0.2, 0) is 6.54 Å². The fourth-order valence-corrected chi connectivity index (χ4v) is 4.32. The number of halogens is 1. The van der Waals surface area contributed by atoms with Crippen molar-refractivity contribution in [3.63, 3.8) is 0 Å². The number of ether oxygens (including phenoxy) is 2. The van der Waals surface area contributed by atoms with Crippen LogP contribution in [0.4, 0.5) is 5.13 Å². The van der Waals surface area contributed by atoms with E-state index in [-0.39, 0.29) is 5.91 Å². The zero-order chi connectivity index (χ0) is 21.8. The molecule has 0 aliphatic carbocycles. The fourth-order valence-electron chi connectivity index (χ4n) is 3.16. The molecular weight excluding hydrogens is 434 g/mol. The van der Waals surface area contributed by atoms with Gasteiger partial charge in [-0.3, -0.25) is 14.7 Å². The zero-order valence-corrected chi connectivity index (χ0v) is 18.6. The molecule has 2 aromatic carbocycles. The second-order valence-electron chi connectivity index (χ2n) is 6.66. The van der Waals surface area contributed by atoms with Crippen molar-refractivity contribution in [3.8, 4) is 11.5 Å². The van der Waals surface area contributed by atoms with Crippen molar-refractivity contribution in [2.45, 2.75) is 13.5 Å². The Balaban J connectivity index is 1.78. The van der Waals surface area contributed by atoms with E-state index in [1.54, 1.807) is 35.5 Å². The second kappa shape index (κ2) is 9.32. The maximum Gasteiger partial charge on any atom is 0.264 e. The van der Waals surface area contributed by atoms with Crippen LogP contribution in [0.1, 0.15) is 22.8 Å². The van der Waals surface area contributed by atoms with Gasteiger partial charge in [0.25, 0.3) is 5.91 Å². The van der Waals surface area contributed by atoms with Crippen LogP contribution in [0.5, 0.6) is 11.5 Å². The first-order chi connectivity index (χ1) is 15.1. The maximum absolute atomic E-state index is 13.6. The number of rotatable bonds is 7. The molecule has 158 valence electrons. The molecule has 0 saturated carbocycles. The number of benzene rings is 2. The van der Waals surface area contributed by atoms with Crippen molar-refractivity contribution in [3.05, 3.63) is 77.1 Å². The molecule has 6 nitrogen and oxygen atoms in total. The number of hydrogen-bond acceptors (Lipinski definition) is 6. The number of methoxy groups -OCH3 is 1. The van der Waals surface area contributed by atoms with Crippen molar-refractivity contribution in [2.75, 3.05) is 18.6 Å². The Morgan fingerprint density at radius 3 is 2.81 bits per heavy atom. The van der Waals surface area contributed by atoms with Crippen molar-refractivity contribution in [1.82, 2.24) is 9.97 Å². The van der Waals surface area contributed by atoms with Gasteiger partial charge in [0.05, 0.1) is 36.0 Å². The topological polar surface area (TPSA) is 64.5 Å². The molecule has 0 aliphatic heterocycles. The molecule has 0 unspecified atom stereocenters. The Labute approximate surface area is 189 Å². The third kappa shape index (κ3) is 4.62. The molecule has 1 amide bonds. The quantitative estimate of drug-likeness (QED) is 0.364. The molecular formula is C23H20ClN3O3S. The Kier molecular flexibility index (Phi) is 6.34. The van der Waals surface area contributed by atoms with E-state index >= 15 is 0 Å². The Morgan fingerprint density at radius 2 is 2.06 bits per heavy atom. The summed E-state index contributed by atoms with van der Waals surface area (Å²) in [6, 6.07) is 14.5. The summed E-state index contributed by atoms with van der Waals surface area (Å²) in [6.45, 7) is 2.83. The van der Waals surface area contributed by atoms with Crippen LogP contribution in [0.3, 0.4) is 0 Å². The van der Waals surface area contributed by atoms with Crippen molar-refractivity contribution in [1.29, 1.82) is 0 Å². The second-order valence-corrected chi connectivity index (χ2v) is 8.10. The number of nitrogens with zero attached hydrogens (tertiary/aromatic N) is 3. The highest BCUT2D eigenvalue weighted by Gasteiger charge is 2.25. The summed E-state index contributed by atoms with van der Waals surface area (Å²) in [4.78, 5) is 24.1. The average Bonchev–Trinajstić information content (AvgIpc) is 3.21. The van der Waals surface area contributed by atoms with Gasteiger partial charge in [-0.25, -0.2) is 4.98 Å². The summed E-state index contributed by atoms with van der Waals surface area (Å²) in [5, 5.41) is 1.02. The molecule has 2 heterocycles. The van der Waals surface area contributed by atoms with E-state index in [4.69, 9.17) is 26.1 Å². The lowest BCUT2D eigenvalue weighted by Crippen LogP contribution is -2.30. The highest BCUT2D eigenvalue weighted by atomic mass is 35.5. The van der Waals surface area contributed by atoms with Gasteiger partial charge in [0.2, 0.25) is 0 Å². The van der Waals surface area contributed by atoms with Gasteiger partial charge in [-0.2, -0.15) is 0 Å². The minimum absolute atomic E-state index is 0.257. The van der Waals surface area contributed by atoms with Gasteiger partial charge in [-0.15, -0.1) is 0 Å². The van der Waals surface area contributed by atoms with Gasteiger partial charge in [-0.05, 0) is 55.0 Å². The molecule has 4 aromatic rings. The number of anilines is 1. The lowest BCUT2D eigenvalue weighted by molar-refractivity contribution is 0.0982. The molecule has 0 fully saturated rings. The van der Waals surface area contributed by atoms with E-state index in [1.807, 2.05) is 37.3 Å². The predicted molar refractivity (Wildman–Crippen MR) is 124 cm³/mol. The number of fused-ring (bicyclic) bond motifs is 1. The molecule has 0 saturated heterocycles. The molecule has 0 aliphatic rings. The minimum atomic E-state index is -0.257. The van der Waals surface area contributed by atoms with Gasteiger partial charge in [-0.1, -0.05) is 29.0 Å². The number of carbonyl (C=O) groups excluding carboxylic acids is 1. The molecule has 0 N–H and O–H groups in total. The Morgan fingerprint density at radius 1 is 1.19 bits per heavy atom. The Hall–Kier alpha value is -3.16. The lowest BCUT2D eigenvalue weighted by Gasteiger charge is -2.21. The monoisotopic (exact) mass is 453 g/mol. The molecule has 0 radical (unpaired) electrons. The number of aromatic nitrogens is 2. The summed E-state index contributed by atoms with van der Waals surface area (Å²) >= 11 is 7.60. The molecule has 2 aromatic heterocycles. The number of hydrogen-bond donors (Lipinski definition) is 0. The van der Waals surface area contributed by atoms with E-state index in [1.165, 1.54) is 18.4 Å². The number of pyridine rings is 1. The van der Waals surface area contributed by atoms with Gasteiger partial charge in [0, 0.05) is 17.4 Å². The van der Waals surface area contributed by atoms with E-state index < -0.39 is 0 Å². The molecule has 8 heteroatoms. The number of carbonyl (C=O) groups is 1. The van der Waals surface area contributed by atoms with E-state index in [0.717, 1.165) is 21.5 Å². The van der Waals surface area contributed by atoms with Gasteiger partial charge >= 0.3 is 0 Å². The van der Waals surface area contributed by atoms with E-state index in [9.17, 15) is 4.79 Å². The summed E-state index contributed by atoms with van der Waals surface area (Å²) in [6.07, 6.45) is 3.43. The third-order valence-corrected chi connectivity index (χ3v) is 5.87. The van der Waals surface area contributed by atoms with Crippen LogP contribution in [-0.4, -0.2) is 29.6 Å². The van der Waals surface area contributed by atoms with E-state index in [2.05, 4.69) is 4.98 Å². The molecule has 0 atom stereocenters. The molecule has 31 heavy (non-hydrogen) atoms. The smallest absolute Gasteiger partial charge is 0.264 e. The average molecular weight is 454 g/mol. The van der Waals surface area contributed by atoms with Gasteiger partial charge in [0.1, 0.15) is 11.5 Å². The van der Waals surface area contributed by atoms with Crippen molar-refractivity contribution in [2.24, 2.45) is 0 Å². The number of amides is 1. The van der Waals surface area contributed by atoms with Crippen LogP contribution < -0.4 is 14.4 Å². The first-order valence-electron chi connectivity index (χ1n) is 9.66. The third-order valence-electron chi connectivity index (χ3n) is 4.59. The first-order valence-corrected chi connectivity index (χ1v) is 10.9. The summed E-state index contributed by atoms with van der Waals surface area (Å²) in [5.74, 6) is 0.962. The first kappa shape index (κ1) is 21.1. The normalized spacial score (nSPS) is 10.8. The predicted octanol–water partition coefficient (Wildman–Crippen LogP) is 5.60. The maximum atomic E-state index is 13.6. The highest BCUT2D eigenvalue weighted by molar-refractivity contribution is 7.22. The summed E-state index contributed by atoms with van der Waals surface area (Å²) in [5.41, 5.74) is 2.05. The van der Waals surface area contributed by atoms with Crippen molar-refractivity contribution >= 4 is 44.2 Å². The van der Waals surface area contributed by atoms with Crippen molar-refractivity contribution < 1.29 is 14.3 Å². The van der Waals surface area contributed by atoms with Gasteiger partial charge in [0.15, 0.2) is 5.13 Å². The SMILES string of the molecule is CCOc1ccc2nc(N(Cc3cccnc3)C(=O)c3cc(Cl)ccc3OC)sc2c1. The zero-order valence-electron chi connectivity index (χ0n) is 17.0. The fraction of sp³-hybridized carbons (Fsp3) is 0.174. The minimum Gasteiger partial charge on any atom is -0.496 e. The highest BCUT2D eigenvalue weighted by Crippen LogP contribution is 2.34. The molecule has 0 spiro atoms. The van der Waals surface area contributed by atoms with Crippen LogP contribution in [0.2, 0.25) is 5.02 Å². The van der Waals surface area contributed by atoms with Gasteiger partial charge < -0.3 is 9.47 Å². The molecule has 4 rings (SSSR count). The van der Waals surface area contributed by atoms with Crippen LogP contribution in [0.15, 0.2) is 60.9 Å². The standard InChI is InChI=1S/C23H20ClN3O3S/c1-3-30-17-7-8-19-21(12-17)31-23(26-19)27(14-15-5-4-10-25-13-15)22(28)18-11-16(24)6-9-20(18)29-2/h4-13H,3,14H2,1-2H3. The largest absolute Gasteiger partial charge is 0.496 e. The number of thiazole rings is 1. The lowest BCUT2D eigenvalue weighted by atomic mass is 10.1. The van der Waals surface area contributed by atoms with Crippen LogP contribution >= 0.6 is 22.9 Å². The van der Waals surface area contributed by atoms with Crippen LogP contribution in [0.25, 0.3) is 10.2 Å². The van der Waals surface area contributed by atoms with E-state index in [0.29, 0.717) is 34.6 Å². The Bertz CT molecular complexity index is 1210.